The van der Waals surface area contributed by atoms with Crippen molar-refractivity contribution >= 4 is 17.9 Å². The molecule has 2 unspecified atom stereocenters. The Balaban J connectivity index is 2.56. The smallest absolute Gasteiger partial charge is 0.331 e. The Hall–Kier alpha value is -1.85. The number of imide groups is 1. The van der Waals surface area contributed by atoms with E-state index in [9.17, 15) is 14.4 Å². The number of carbonyl (C=O) groups excluding carboxylic acids is 2. The van der Waals surface area contributed by atoms with Crippen LogP contribution in [0.4, 0.5) is 4.79 Å². The quantitative estimate of drug-likeness (QED) is 0.688. The van der Waals surface area contributed by atoms with Crippen LogP contribution >= 0.6 is 0 Å². The van der Waals surface area contributed by atoms with Crippen LogP contribution in [0, 0.1) is 5.92 Å². The zero-order valence-electron chi connectivity index (χ0n) is 12.2. The zero-order valence-corrected chi connectivity index (χ0v) is 12.2. The van der Waals surface area contributed by atoms with Crippen molar-refractivity contribution in [1.29, 1.82) is 0 Å². The molecule has 112 valence electrons. The SMILES string of the molecule is CC(C(=O)O)=C(C)C(=O)NC(=O)NC1CCCCC1C. The maximum Gasteiger partial charge on any atom is 0.331 e. The summed E-state index contributed by atoms with van der Waals surface area (Å²) in [7, 11) is 0. The van der Waals surface area contributed by atoms with Gasteiger partial charge in [-0.05, 0) is 32.6 Å². The van der Waals surface area contributed by atoms with E-state index in [0.29, 0.717) is 5.92 Å². The van der Waals surface area contributed by atoms with Gasteiger partial charge in [0.2, 0.25) is 0 Å². The zero-order chi connectivity index (χ0) is 15.3. The molecule has 0 spiro atoms. The first kappa shape index (κ1) is 16.2. The van der Waals surface area contributed by atoms with Gasteiger partial charge >= 0.3 is 12.0 Å². The lowest BCUT2D eigenvalue weighted by Crippen LogP contribution is -2.48. The van der Waals surface area contributed by atoms with Gasteiger partial charge in [0, 0.05) is 17.2 Å². The van der Waals surface area contributed by atoms with E-state index in [1.165, 1.54) is 20.3 Å². The first-order valence-corrected chi connectivity index (χ1v) is 6.85. The maximum atomic E-state index is 11.8. The molecule has 0 saturated heterocycles. The summed E-state index contributed by atoms with van der Waals surface area (Å²) in [5.41, 5.74) is -0.0364. The minimum absolute atomic E-state index is 0.0318. The molecule has 0 aromatic carbocycles. The molecular formula is C14H22N2O4. The second kappa shape index (κ2) is 7.07. The topological polar surface area (TPSA) is 95.5 Å². The number of amides is 3. The van der Waals surface area contributed by atoms with Crippen LogP contribution in [-0.4, -0.2) is 29.1 Å². The van der Waals surface area contributed by atoms with Crippen molar-refractivity contribution in [2.45, 2.75) is 52.5 Å². The molecule has 1 aliphatic carbocycles. The average molecular weight is 282 g/mol. The summed E-state index contributed by atoms with van der Waals surface area (Å²) < 4.78 is 0. The number of hydrogen-bond acceptors (Lipinski definition) is 3. The van der Waals surface area contributed by atoms with E-state index >= 15 is 0 Å². The van der Waals surface area contributed by atoms with Crippen LogP contribution < -0.4 is 10.6 Å². The Morgan fingerprint density at radius 3 is 2.20 bits per heavy atom. The van der Waals surface area contributed by atoms with Crippen molar-refractivity contribution in [2.24, 2.45) is 5.92 Å². The number of carboxylic acids is 1. The van der Waals surface area contributed by atoms with E-state index in [4.69, 9.17) is 5.11 Å². The predicted molar refractivity (Wildman–Crippen MR) is 74.1 cm³/mol. The molecule has 1 rings (SSSR count). The van der Waals surface area contributed by atoms with Gasteiger partial charge in [0.25, 0.3) is 5.91 Å². The number of urea groups is 1. The summed E-state index contributed by atoms with van der Waals surface area (Å²) >= 11 is 0. The largest absolute Gasteiger partial charge is 0.478 e. The molecule has 2 atom stereocenters. The van der Waals surface area contributed by atoms with Crippen molar-refractivity contribution in [3.05, 3.63) is 11.1 Å². The number of aliphatic carboxylic acids is 1. The number of carboxylic acid groups (broad SMARTS) is 1. The fraction of sp³-hybridized carbons (Fsp3) is 0.643. The van der Waals surface area contributed by atoms with Crippen LogP contribution in [0.3, 0.4) is 0 Å². The molecule has 0 aliphatic heterocycles. The van der Waals surface area contributed by atoms with E-state index in [-0.39, 0.29) is 17.2 Å². The molecule has 0 aromatic rings. The van der Waals surface area contributed by atoms with Crippen LogP contribution in [0.1, 0.15) is 46.5 Å². The van der Waals surface area contributed by atoms with Gasteiger partial charge in [0.1, 0.15) is 0 Å². The van der Waals surface area contributed by atoms with Crippen molar-refractivity contribution < 1.29 is 19.5 Å². The van der Waals surface area contributed by atoms with Gasteiger partial charge < -0.3 is 10.4 Å². The van der Waals surface area contributed by atoms with Gasteiger partial charge in [0.05, 0.1) is 0 Å². The molecule has 0 aromatic heterocycles. The van der Waals surface area contributed by atoms with E-state index in [0.717, 1.165) is 19.3 Å². The molecule has 0 radical (unpaired) electrons. The van der Waals surface area contributed by atoms with E-state index in [2.05, 4.69) is 17.6 Å². The van der Waals surface area contributed by atoms with Crippen molar-refractivity contribution in [2.75, 3.05) is 0 Å². The van der Waals surface area contributed by atoms with Gasteiger partial charge in [-0.25, -0.2) is 9.59 Å². The van der Waals surface area contributed by atoms with Crippen molar-refractivity contribution in [3.63, 3.8) is 0 Å². The summed E-state index contributed by atoms with van der Waals surface area (Å²) in [6.07, 6.45) is 4.21. The Kier molecular flexibility index (Phi) is 5.73. The fourth-order valence-electron chi connectivity index (χ4n) is 2.26. The Bertz CT molecular complexity index is 442. The Labute approximate surface area is 118 Å². The first-order chi connectivity index (χ1) is 9.32. The van der Waals surface area contributed by atoms with Crippen LogP contribution in [-0.2, 0) is 9.59 Å². The van der Waals surface area contributed by atoms with Crippen LogP contribution in [0.15, 0.2) is 11.1 Å². The maximum absolute atomic E-state index is 11.8. The highest BCUT2D eigenvalue weighted by Gasteiger charge is 2.24. The molecule has 6 heteroatoms. The summed E-state index contributed by atoms with van der Waals surface area (Å²) in [6, 6.07) is -0.493. The molecule has 0 bridgehead atoms. The Morgan fingerprint density at radius 1 is 1.05 bits per heavy atom. The molecular weight excluding hydrogens is 260 g/mol. The number of rotatable bonds is 3. The minimum Gasteiger partial charge on any atom is -0.478 e. The lowest BCUT2D eigenvalue weighted by molar-refractivity contribution is -0.133. The van der Waals surface area contributed by atoms with E-state index in [1.54, 1.807) is 0 Å². The number of hydrogen-bond donors (Lipinski definition) is 3. The van der Waals surface area contributed by atoms with Crippen molar-refractivity contribution in [3.8, 4) is 0 Å². The molecule has 6 nitrogen and oxygen atoms in total. The molecule has 3 N–H and O–H groups in total. The van der Waals surface area contributed by atoms with Crippen molar-refractivity contribution in [1.82, 2.24) is 10.6 Å². The second-order valence-electron chi connectivity index (χ2n) is 5.35. The van der Waals surface area contributed by atoms with Gasteiger partial charge in [-0.1, -0.05) is 19.8 Å². The molecule has 20 heavy (non-hydrogen) atoms. The predicted octanol–water partition coefficient (Wildman–Crippen LogP) is 1.81. The van der Waals surface area contributed by atoms with E-state index < -0.39 is 17.9 Å². The van der Waals surface area contributed by atoms with Crippen LogP contribution in [0.2, 0.25) is 0 Å². The third-order valence-corrected chi connectivity index (χ3v) is 3.88. The summed E-state index contributed by atoms with van der Waals surface area (Å²) in [5.74, 6) is -1.45. The monoisotopic (exact) mass is 282 g/mol. The van der Waals surface area contributed by atoms with Gasteiger partial charge in [-0.15, -0.1) is 0 Å². The highest BCUT2D eigenvalue weighted by Crippen LogP contribution is 2.23. The van der Waals surface area contributed by atoms with E-state index in [1.807, 2.05) is 0 Å². The third kappa shape index (κ3) is 4.36. The molecule has 1 aliphatic rings. The molecule has 0 heterocycles. The fourth-order valence-corrected chi connectivity index (χ4v) is 2.26. The summed E-state index contributed by atoms with van der Waals surface area (Å²) in [4.78, 5) is 34.2. The second-order valence-corrected chi connectivity index (χ2v) is 5.35. The third-order valence-electron chi connectivity index (χ3n) is 3.88. The normalized spacial score (nSPS) is 23.6. The Morgan fingerprint density at radius 2 is 1.65 bits per heavy atom. The van der Waals surface area contributed by atoms with Crippen LogP contribution in [0.25, 0.3) is 0 Å². The minimum atomic E-state index is -1.17. The molecule has 3 amide bonds. The molecule has 1 saturated carbocycles. The highest BCUT2D eigenvalue weighted by molar-refractivity contribution is 6.07. The highest BCUT2D eigenvalue weighted by atomic mass is 16.4. The summed E-state index contributed by atoms with van der Waals surface area (Å²) in [6.45, 7) is 4.79. The first-order valence-electron chi connectivity index (χ1n) is 6.85. The summed E-state index contributed by atoms with van der Waals surface area (Å²) in [5, 5.41) is 13.7. The number of nitrogens with one attached hydrogen (secondary N) is 2. The average Bonchev–Trinajstić information content (AvgIpc) is 2.39. The lowest BCUT2D eigenvalue weighted by Gasteiger charge is -2.29. The lowest BCUT2D eigenvalue weighted by atomic mass is 9.86. The van der Waals surface area contributed by atoms with Crippen LogP contribution in [0.5, 0.6) is 0 Å². The molecule has 1 fully saturated rings. The van der Waals surface area contributed by atoms with Gasteiger partial charge in [0.15, 0.2) is 0 Å². The number of carbonyl (C=O) groups is 3. The van der Waals surface area contributed by atoms with Gasteiger partial charge in [-0.2, -0.15) is 0 Å². The van der Waals surface area contributed by atoms with Gasteiger partial charge in [-0.3, -0.25) is 10.1 Å². The standard InChI is InChI=1S/C14H22N2O4/c1-8-6-4-5-7-11(8)15-14(20)16-12(17)9(2)10(3)13(18)19/h8,11H,4-7H2,1-3H3,(H,18,19)(H2,15,16,17,20).